The minimum Gasteiger partial charge on any atom is -0.493 e. The van der Waals surface area contributed by atoms with E-state index in [1.54, 1.807) is 97.1 Å². The number of rotatable bonds is 11. The smallest absolute Gasteiger partial charge is 0.272 e. The number of methoxy groups -OCH3 is 2. The Hall–Kier alpha value is -4.53. The highest BCUT2D eigenvalue weighted by molar-refractivity contribution is 8.00. The Morgan fingerprint density at radius 1 is 0.805 bits per heavy atom. The second-order valence-corrected chi connectivity index (χ2v) is 10.2. The van der Waals surface area contributed by atoms with Crippen molar-refractivity contribution in [1.29, 1.82) is 0 Å². The van der Waals surface area contributed by atoms with Gasteiger partial charge in [0.2, 0.25) is 0 Å². The first-order valence-corrected chi connectivity index (χ1v) is 13.9. The molecule has 0 bridgehead atoms. The van der Waals surface area contributed by atoms with Crippen LogP contribution in [0, 0.1) is 0 Å². The third-order valence-electron chi connectivity index (χ3n) is 5.86. The fraction of sp³-hybridized carbons (Fsp3) is 0.0938. The van der Waals surface area contributed by atoms with Gasteiger partial charge in [0.15, 0.2) is 17.3 Å². The van der Waals surface area contributed by atoms with Gasteiger partial charge in [-0.05, 0) is 72.3 Å². The van der Waals surface area contributed by atoms with Gasteiger partial charge in [-0.25, -0.2) is 0 Å². The SMILES string of the molecule is COc1ccc(C(=O)CSc2cccc(NC(=O)/C(=C/c3cccc(Cl)c3)NC(=O)c3ccccc3)c2)cc1OC. The molecular formula is C32H27ClN2O5S. The monoisotopic (exact) mass is 586 g/mol. The summed E-state index contributed by atoms with van der Waals surface area (Å²) in [5, 5.41) is 6.05. The molecule has 0 unspecified atom stereocenters. The maximum atomic E-state index is 13.3. The standard InChI is InChI=1S/C32H27ClN2O5S/c1-39-29-15-14-23(18-30(29)40-2)28(36)20-41-26-13-7-12-25(19-26)34-32(38)27(17-21-8-6-11-24(33)16-21)35-31(37)22-9-4-3-5-10-22/h3-19H,20H2,1-2H3,(H,34,38)(H,35,37)/b27-17-. The van der Waals surface area contributed by atoms with E-state index >= 15 is 0 Å². The van der Waals surface area contributed by atoms with E-state index in [9.17, 15) is 14.4 Å². The van der Waals surface area contributed by atoms with Crippen molar-refractivity contribution in [3.05, 3.63) is 124 Å². The maximum absolute atomic E-state index is 13.3. The number of hydrogen-bond donors (Lipinski definition) is 2. The van der Waals surface area contributed by atoms with Gasteiger partial charge in [0, 0.05) is 26.7 Å². The summed E-state index contributed by atoms with van der Waals surface area (Å²) in [6.07, 6.45) is 1.56. The number of halogens is 1. The maximum Gasteiger partial charge on any atom is 0.272 e. The molecule has 4 aromatic carbocycles. The van der Waals surface area contributed by atoms with Crippen molar-refractivity contribution in [3.8, 4) is 11.5 Å². The third-order valence-corrected chi connectivity index (χ3v) is 7.08. The highest BCUT2D eigenvalue weighted by Gasteiger charge is 2.16. The summed E-state index contributed by atoms with van der Waals surface area (Å²) >= 11 is 7.46. The fourth-order valence-electron chi connectivity index (χ4n) is 3.81. The number of benzene rings is 4. The molecule has 0 saturated heterocycles. The number of carbonyl (C=O) groups excluding carboxylic acids is 3. The average molecular weight is 587 g/mol. The van der Waals surface area contributed by atoms with Gasteiger partial charge < -0.3 is 20.1 Å². The molecular weight excluding hydrogens is 560 g/mol. The topological polar surface area (TPSA) is 93.7 Å². The molecule has 0 spiro atoms. The Balaban J connectivity index is 1.48. The first-order chi connectivity index (χ1) is 19.9. The number of Topliss-reactive ketones (excluding diaryl/α,β-unsaturated/α-hetero) is 1. The molecule has 0 atom stereocenters. The lowest BCUT2D eigenvalue weighted by Crippen LogP contribution is -2.30. The van der Waals surface area contributed by atoms with E-state index in [0.717, 1.165) is 4.90 Å². The summed E-state index contributed by atoms with van der Waals surface area (Å²) in [6, 6.07) is 27.7. The first-order valence-electron chi connectivity index (χ1n) is 12.5. The van der Waals surface area contributed by atoms with Crippen molar-refractivity contribution in [2.24, 2.45) is 0 Å². The summed E-state index contributed by atoms with van der Waals surface area (Å²) < 4.78 is 10.5. The zero-order valence-electron chi connectivity index (χ0n) is 22.3. The molecule has 9 heteroatoms. The van der Waals surface area contributed by atoms with Gasteiger partial charge >= 0.3 is 0 Å². The number of carbonyl (C=O) groups is 3. The van der Waals surface area contributed by atoms with Gasteiger partial charge in [0.25, 0.3) is 11.8 Å². The van der Waals surface area contributed by atoms with E-state index in [4.69, 9.17) is 21.1 Å². The number of ketones is 1. The highest BCUT2D eigenvalue weighted by atomic mass is 35.5. The van der Waals surface area contributed by atoms with E-state index in [0.29, 0.717) is 38.9 Å². The van der Waals surface area contributed by atoms with Crippen molar-refractivity contribution < 1.29 is 23.9 Å². The Kier molecular flexibility index (Phi) is 10.2. The number of anilines is 1. The zero-order valence-corrected chi connectivity index (χ0v) is 23.9. The second-order valence-electron chi connectivity index (χ2n) is 8.70. The van der Waals surface area contributed by atoms with Crippen LogP contribution in [0.1, 0.15) is 26.3 Å². The molecule has 0 aromatic heterocycles. The number of nitrogens with one attached hydrogen (secondary N) is 2. The summed E-state index contributed by atoms with van der Waals surface area (Å²) in [4.78, 5) is 39.8. The first kappa shape index (κ1) is 29.5. The molecule has 0 aliphatic carbocycles. The van der Waals surface area contributed by atoms with E-state index in [2.05, 4.69) is 10.6 Å². The van der Waals surface area contributed by atoms with Crippen molar-refractivity contribution in [2.45, 2.75) is 4.90 Å². The largest absolute Gasteiger partial charge is 0.493 e. The van der Waals surface area contributed by atoms with Crippen LogP contribution < -0.4 is 20.1 Å². The van der Waals surface area contributed by atoms with Crippen molar-refractivity contribution in [2.75, 3.05) is 25.3 Å². The van der Waals surface area contributed by atoms with Gasteiger partial charge in [0.1, 0.15) is 5.70 Å². The molecule has 0 fully saturated rings. The third kappa shape index (κ3) is 8.23. The van der Waals surface area contributed by atoms with Crippen LogP contribution in [0.4, 0.5) is 5.69 Å². The second kappa shape index (κ2) is 14.2. The van der Waals surface area contributed by atoms with Crippen LogP contribution in [-0.2, 0) is 4.79 Å². The molecule has 0 heterocycles. The van der Waals surface area contributed by atoms with Gasteiger partial charge in [0.05, 0.1) is 20.0 Å². The molecule has 2 amide bonds. The van der Waals surface area contributed by atoms with E-state index < -0.39 is 11.8 Å². The minimum atomic E-state index is -0.516. The number of amides is 2. The Bertz CT molecular complexity index is 1590. The Morgan fingerprint density at radius 3 is 2.29 bits per heavy atom. The highest BCUT2D eigenvalue weighted by Crippen LogP contribution is 2.29. The Morgan fingerprint density at radius 2 is 1.56 bits per heavy atom. The number of thioether (sulfide) groups is 1. The predicted octanol–water partition coefficient (Wildman–Crippen LogP) is 6.74. The molecule has 2 N–H and O–H groups in total. The van der Waals surface area contributed by atoms with Crippen LogP contribution in [0.5, 0.6) is 11.5 Å². The lowest BCUT2D eigenvalue weighted by atomic mass is 10.1. The molecule has 4 aromatic rings. The van der Waals surface area contributed by atoms with Crippen molar-refractivity contribution >= 4 is 52.7 Å². The Labute approximate surface area is 247 Å². The summed E-state index contributed by atoms with van der Waals surface area (Å²) in [6.45, 7) is 0. The summed E-state index contributed by atoms with van der Waals surface area (Å²) in [5.41, 5.74) is 2.11. The molecule has 4 rings (SSSR count). The molecule has 7 nitrogen and oxygen atoms in total. The molecule has 0 aliphatic heterocycles. The van der Waals surface area contributed by atoms with Gasteiger partial charge in [-0.1, -0.05) is 48.0 Å². The molecule has 41 heavy (non-hydrogen) atoms. The summed E-state index contributed by atoms with van der Waals surface area (Å²) in [7, 11) is 3.05. The van der Waals surface area contributed by atoms with Crippen LogP contribution in [0.25, 0.3) is 6.08 Å². The van der Waals surface area contributed by atoms with Crippen LogP contribution in [0.3, 0.4) is 0 Å². The summed E-state index contributed by atoms with van der Waals surface area (Å²) in [5.74, 6) is 0.184. The number of ether oxygens (including phenoxy) is 2. The predicted molar refractivity (Wildman–Crippen MR) is 163 cm³/mol. The van der Waals surface area contributed by atoms with Crippen molar-refractivity contribution in [3.63, 3.8) is 0 Å². The van der Waals surface area contributed by atoms with E-state index in [-0.39, 0.29) is 17.2 Å². The quantitative estimate of drug-likeness (QED) is 0.115. The molecule has 0 radical (unpaired) electrons. The lowest BCUT2D eigenvalue weighted by molar-refractivity contribution is -0.113. The van der Waals surface area contributed by atoms with E-state index in [1.807, 2.05) is 6.07 Å². The number of hydrogen-bond acceptors (Lipinski definition) is 6. The lowest BCUT2D eigenvalue weighted by Gasteiger charge is -2.12. The fourth-order valence-corrected chi connectivity index (χ4v) is 4.86. The van der Waals surface area contributed by atoms with Crippen LogP contribution in [0.15, 0.2) is 108 Å². The normalized spacial score (nSPS) is 11.0. The van der Waals surface area contributed by atoms with E-state index in [1.165, 1.54) is 26.0 Å². The molecule has 0 aliphatic rings. The zero-order chi connectivity index (χ0) is 29.2. The van der Waals surface area contributed by atoms with Crippen molar-refractivity contribution in [1.82, 2.24) is 5.32 Å². The van der Waals surface area contributed by atoms with Crippen LogP contribution in [-0.4, -0.2) is 37.6 Å². The van der Waals surface area contributed by atoms with Gasteiger partial charge in [-0.15, -0.1) is 11.8 Å². The van der Waals surface area contributed by atoms with Gasteiger partial charge in [-0.3, -0.25) is 14.4 Å². The molecule has 0 saturated carbocycles. The van der Waals surface area contributed by atoms with Crippen LogP contribution >= 0.6 is 23.4 Å². The average Bonchev–Trinajstić information content (AvgIpc) is 2.99. The minimum absolute atomic E-state index is 0.0443. The van der Waals surface area contributed by atoms with Gasteiger partial charge in [-0.2, -0.15) is 0 Å². The molecule has 208 valence electrons. The van der Waals surface area contributed by atoms with Crippen LogP contribution in [0.2, 0.25) is 5.02 Å².